The minimum absolute atomic E-state index is 0.287. The smallest absolute Gasteiger partial charge is 0.339 e. The molecule has 3 heteroatoms. The highest BCUT2D eigenvalue weighted by Gasteiger charge is 2.20. The molecule has 0 N–H and O–H groups in total. The molecule has 0 saturated heterocycles. The van der Waals surface area contributed by atoms with Gasteiger partial charge in [-0.2, -0.15) is 0 Å². The standard InChI is InChI=1S/C21H18O3/c1-11-10-16-18(12(2)13(3)21(22)24-16)20-17(11)19(14(4)23-20)15-8-6-5-7-9-15/h5-10H,1-4H3. The van der Waals surface area contributed by atoms with Gasteiger partial charge in [-0.15, -0.1) is 0 Å². The average Bonchev–Trinajstić information content (AvgIpc) is 2.91. The molecule has 3 nitrogen and oxygen atoms in total. The third kappa shape index (κ3) is 1.94. The van der Waals surface area contributed by atoms with Crippen LogP contribution < -0.4 is 5.63 Å². The quantitative estimate of drug-likeness (QED) is 0.439. The Hall–Kier alpha value is -2.81. The van der Waals surface area contributed by atoms with Gasteiger partial charge in [-0.25, -0.2) is 4.79 Å². The van der Waals surface area contributed by atoms with Gasteiger partial charge in [0.2, 0.25) is 0 Å². The molecule has 0 spiro atoms. The summed E-state index contributed by atoms with van der Waals surface area (Å²) in [4.78, 5) is 12.0. The van der Waals surface area contributed by atoms with Crippen molar-refractivity contribution in [1.82, 2.24) is 0 Å². The molecule has 2 aromatic carbocycles. The monoisotopic (exact) mass is 318 g/mol. The SMILES string of the molecule is Cc1oc2c(c(C)cc3oc(=O)c(C)c(C)c32)c1-c1ccccc1. The molecule has 0 aliphatic rings. The minimum Gasteiger partial charge on any atom is -0.460 e. The predicted molar refractivity (Wildman–Crippen MR) is 96.6 cm³/mol. The normalized spacial score (nSPS) is 11.5. The molecule has 2 aromatic heterocycles. The van der Waals surface area contributed by atoms with Gasteiger partial charge in [-0.1, -0.05) is 30.3 Å². The zero-order valence-electron chi connectivity index (χ0n) is 14.2. The lowest BCUT2D eigenvalue weighted by Crippen LogP contribution is -2.05. The first-order chi connectivity index (χ1) is 11.5. The summed E-state index contributed by atoms with van der Waals surface area (Å²) in [5.74, 6) is 0.870. The first kappa shape index (κ1) is 14.8. The highest BCUT2D eigenvalue weighted by molar-refractivity contribution is 6.11. The molecule has 0 aliphatic carbocycles. The lowest BCUT2D eigenvalue weighted by atomic mass is 9.96. The first-order valence-corrected chi connectivity index (χ1v) is 8.01. The van der Waals surface area contributed by atoms with Gasteiger partial charge < -0.3 is 8.83 Å². The summed E-state index contributed by atoms with van der Waals surface area (Å²) in [5.41, 5.74) is 5.91. The number of fused-ring (bicyclic) bond motifs is 3. The van der Waals surface area contributed by atoms with Crippen LogP contribution in [0, 0.1) is 27.7 Å². The van der Waals surface area contributed by atoms with Crippen molar-refractivity contribution in [2.45, 2.75) is 27.7 Å². The van der Waals surface area contributed by atoms with E-state index < -0.39 is 0 Å². The van der Waals surface area contributed by atoms with E-state index in [1.165, 1.54) is 0 Å². The van der Waals surface area contributed by atoms with Crippen LogP contribution in [0.25, 0.3) is 33.1 Å². The van der Waals surface area contributed by atoms with Crippen LogP contribution in [0.3, 0.4) is 0 Å². The molecule has 0 amide bonds. The van der Waals surface area contributed by atoms with Gasteiger partial charge in [-0.3, -0.25) is 0 Å². The van der Waals surface area contributed by atoms with E-state index in [9.17, 15) is 4.79 Å². The molecule has 0 saturated carbocycles. The molecule has 4 rings (SSSR count). The number of hydrogen-bond acceptors (Lipinski definition) is 3. The van der Waals surface area contributed by atoms with Crippen molar-refractivity contribution >= 4 is 21.9 Å². The van der Waals surface area contributed by atoms with Crippen LogP contribution in [0.5, 0.6) is 0 Å². The lowest BCUT2D eigenvalue weighted by molar-refractivity contribution is 0.550. The second-order valence-corrected chi connectivity index (χ2v) is 6.31. The second kappa shape index (κ2) is 5.10. The Kier molecular flexibility index (Phi) is 3.14. The largest absolute Gasteiger partial charge is 0.460 e. The van der Waals surface area contributed by atoms with Gasteiger partial charge in [0.1, 0.15) is 16.9 Å². The molecule has 24 heavy (non-hydrogen) atoms. The van der Waals surface area contributed by atoms with E-state index in [4.69, 9.17) is 8.83 Å². The maximum atomic E-state index is 12.0. The first-order valence-electron chi connectivity index (χ1n) is 8.01. The van der Waals surface area contributed by atoms with Gasteiger partial charge >= 0.3 is 5.63 Å². The van der Waals surface area contributed by atoms with Crippen LogP contribution in [0.2, 0.25) is 0 Å². The van der Waals surface area contributed by atoms with E-state index in [2.05, 4.69) is 12.1 Å². The Morgan fingerprint density at radius 3 is 2.25 bits per heavy atom. The molecule has 4 aromatic rings. The van der Waals surface area contributed by atoms with Gasteiger partial charge in [0.05, 0.1) is 5.39 Å². The number of benzene rings is 2. The van der Waals surface area contributed by atoms with Crippen molar-refractivity contribution in [3.8, 4) is 11.1 Å². The van der Waals surface area contributed by atoms with E-state index in [-0.39, 0.29) is 5.63 Å². The van der Waals surface area contributed by atoms with Crippen molar-refractivity contribution in [2.75, 3.05) is 0 Å². The Balaban J connectivity index is 2.24. The van der Waals surface area contributed by atoms with E-state index in [0.29, 0.717) is 11.1 Å². The van der Waals surface area contributed by atoms with E-state index in [1.807, 2.05) is 45.0 Å². The van der Waals surface area contributed by atoms with Crippen LogP contribution >= 0.6 is 0 Å². The van der Waals surface area contributed by atoms with Crippen molar-refractivity contribution < 1.29 is 8.83 Å². The van der Waals surface area contributed by atoms with Crippen LogP contribution in [-0.4, -0.2) is 0 Å². The summed E-state index contributed by atoms with van der Waals surface area (Å²) in [7, 11) is 0. The van der Waals surface area contributed by atoms with Gasteiger partial charge in [-0.05, 0) is 50.5 Å². The van der Waals surface area contributed by atoms with Crippen LogP contribution in [0.4, 0.5) is 0 Å². The number of aryl methyl sites for hydroxylation is 3. The Morgan fingerprint density at radius 2 is 1.54 bits per heavy atom. The second-order valence-electron chi connectivity index (χ2n) is 6.31. The molecule has 120 valence electrons. The molecular weight excluding hydrogens is 300 g/mol. The number of hydrogen-bond donors (Lipinski definition) is 0. The fourth-order valence-corrected chi connectivity index (χ4v) is 3.45. The summed E-state index contributed by atoms with van der Waals surface area (Å²) in [6, 6.07) is 12.2. The predicted octanol–water partition coefficient (Wildman–Crippen LogP) is 5.44. The molecule has 0 unspecified atom stereocenters. The average molecular weight is 318 g/mol. The summed E-state index contributed by atoms with van der Waals surface area (Å²) >= 11 is 0. The van der Waals surface area contributed by atoms with E-state index in [0.717, 1.165) is 44.4 Å². The maximum Gasteiger partial charge on any atom is 0.339 e. The molecule has 0 atom stereocenters. The highest BCUT2D eigenvalue weighted by atomic mass is 16.4. The Morgan fingerprint density at radius 1 is 0.833 bits per heavy atom. The fourth-order valence-electron chi connectivity index (χ4n) is 3.45. The van der Waals surface area contributed by atoms with Gasteiger partial charge in [0.25, 0.3) is 0 Å². The molecule has 2 heterocycles. The molecular formula is C21H18O3. The zero-order chi connectivity index (χ0) is 17.0. The summed E-state index contributed by atoms with van der Waals surface area (Å²) < 4.78 is 11.7. The van der Waals surface area contributed by atoms with Gasteiger partial charge in [0.15, 0.2) is 0 Å². The van der Waals surface area contributed by atoms with Crippen molar-refractivity contribution in [3.05, 3.63) is 69.3 Å². The minimum atomic E-state index is -0.287. The van der Waals surface area contributed by atoms with Crippen LogP contribution in [-0.2, 0) is 0 Å². The third-order valence-electron chi connectivity index (χ3n) is 4.81. The van der Waals surface area contributed by atoms with Crippen molar-refractivity contribution in [2.24, 2.45) is 0 Å². The topological polar surface area (TPSA) is 43.4 Å². The van der Waals surface area contributed by atoms with Crippen molar-refractivity contribution in [3.63, 3.8) is 0 Å². The summed E-state index contributed by atoms with van der Waals surface area (Å²) in [6.07, 6.45) is 0. The Labute approximate surface area is 139 Å². The highest BCUT2D eigenvalue weighted by Crippen LogP contribution is 2.40. The van der Waals surface area contributed by atoms with Crippen molar-refractivity contribution in [1.29, 1.82) is 0 Å². The molecule has 0 aliphatic heterocycles. The van der Waals surface area contributed by atoms with E-state index in [1.54, 1.807) is 6.92 Å². The number of rotatable bonds is 1. The van der Waals surface area contributed by atoms with E-state index >= 15 is 0 Å². The maximum absolute atomic E-state index is 12.0. The van der Waals surface area contributed by atoms with Gasteiger partial charge in [0, 0.05) is 16.5 Å². The third-order valence-corrected chi connectivity index (χ3v) is 4.81. The molecule has 0 bridgehead atoms. The van der Waals surface area contributed by atoms with Crippen LogP contribution in [0.1, 0.15) is 22.5 Å². The van der Waals surface area contributed by atoms with Crippen LogP contribution in [0.15, 0.2) is 50.0 Å². The molecule has 0 radical (unpaired) electrons. The summed E-state index contributed by atoms with van der Waals surface area (Å²) in [6.45, 7) is 7.75. The fraction of sp³-hybridized carbons (Fsp3) is 0.190. The zero-order valence-corrected chi connectivity index (χ0v) is 14.2. The lowest BCUT2D eigenvalue weighted by Gasteiger charge is -2.07. The summed E-state index contributed by atoms with van der Waals surface area (Å²) in [5, 5.41) is 1.97. The Bertz CT molecular complexity index is 1150. The molecule has 0 fully saturated rings. The number of furan rings is 1.